The molecular weight excluding hydrogens is 318 g/mol. The predicted molar refractivity (Wildman–Crippen MR) is 82.6 cm³/mol. The summed E-state index contributed by atoms with van der Waals surface area (Å²) in [6, 6.07) is 11.9. The van der Waals surface area contributed by atoms with E-state index in [2.05, 4.69) is 29.4 Å². The lowest BCUT2D eigenvalue weighted by molar-refractivity contribution is -0.687. The minimum Gasteiger partial charge on any atom is -1.00 e. The lowest BCUT2D eigenvalue weighted by Gasteiger charge is -2.00. The Morgan fingerprint density at radius 3 is 2.86 bits per heavy atom. The van der Waals surface area contributed by atoms with E-state index in [1.54, 1.807) is 16.7 Å². The van der Waals surface area contributed by atoms with E-state index in [4.69, 9.17) is 0 Å². The molecule has 0 bridgehead atoms. The molecule has 6 heteroatoms. The molecule has 3 heterocycles. The smallest absolute Gasteiger partial charge is 0.258 e. The van der Waals surface area contributed by atoms with Crippen LogP contribution in [0.2, 0.25) is 0 Å². The maximum atomic E-state index is 12.0. The number of pyridine rings is 1. The number of benzene rings is 1. The van der Waals surface area contributed by atoms with Gasteiger partial charge in [0.2, 0.25) is 0 Å². The second kappa shape index (κ2) is 5.87. The number of thiazole rings is 1. The molecule has 0 atom stereocenters. The van der Waals surface area contributed by atoms with Crippen molar-refractivity contribution < 1.29 is 17.0 Å². The molecular formula is C16H12ClN3OS. The van der Waals surface area contributed by atoms with Crippen LogP contribution in [0, 0.1) is 0 Å². The van der Waals surface area contributed by atoms with Crippen LogP contribution in [0.5, 0.6) is 0 Å². The van der Waals surface area contributed by atoms with Gasteiger partial charge in [0, 0.05) is 29.1 Å². The molecule has 3 aromatic heterocycles. The highest BCUT2D eigenvalue weighted by Gasteiger charge is 2.09. The maximum Gasteiger partial charge on any atom is 0.258 e. The SMILES string of the molecule is O=c1cc(C[n+]2ccc3ccccc3c2)nc2sccn12.[Cl-]. The van der Waals surface area contributed by atoms with E-state index in [9.17, 15) is 4.79 Å². The number of hydrogen-bond acceptors (Lipinski definition) is 3. The molecule has 0 amide bonds. The van der Waals surface area contributed by atoms with E-state index in [1.807, 2.05) is 28.3 Å². The van der Waals surface area contributed by atoms with Crippen molar-refractivity contribution in [3.05, 3.63) is 76.4 Å². The summed E-state index contributed by atoms with van der Waals surface area (Å²) >= 11 is 1.47. The number of rotatable bonds is 2. The van der Waals surface area contributed by atoms with Gasteiger partial charge in [-0.3, -0.25) is 9.20 Å². The van der Waals surface area contributed by atoms with Crippen molar-refractivity contribution in [3.63, 3.8) is 0 Å². The van der Waals surface area contributed by atoms with E-state index in [-0.39, 0.29) is 18.0 Å². The molecule has 0 fully saturated rings. The standard InChI is InChI=1S/C16H12N3OS.ClH/c20-15-9-14(17-16-19(15)7-8-21-16)11-18-6-5-12-3-1-2-4-13(12)10-18;/h1-10H,11H2;1H/q+1;/p-1. The van der Waals surface area contributed by atoms with Crippen molar-refractivity contribution in [3.8, 4) is 0 Å². The average Bonchev–Trinajstić information content (AvgIpc) is 2.96. The number of hydrogen-bond donors (Lipinski definition) is 0. The molecule has 1 aromatic carbocycles. The highest BCUT2D eigenvalue weighted by molar-refractivity contribution is 7.15. The van der Waals surface area contributed by atoms with Crippen molar-refractivity contribution in [2.45, 2.75) is 6.54 Å². The zero-order valence-electron chi connectivity index (χ0n) is 11.5. The molecule has 0 unspecified atom stereocenters. The summed E-state index contributed by atoms with van der Waals surface area (Å²) in [4.78, 5) is 17.3. The molecule has 0 radical (unpaired) electrons. The van der Waals surface area contributed by atoms with Gasteiger partial charge >= 0.3 is 0 Å². The Balaban J connectivity index is 0.00000144. The zero-order valence-corrected chi connectivity index (χ0v) is 13.1. The van der Waals surface area contributed by atoms with Gasteiger partial charge < -0.3 is 12.4 Å². The van der Waals surface area contributed by atoms with Crippen LogP contribution >= 0.6 is 11.3 Å². The van der Waals surface area contributed by atoms with Gasteiger partial charge in [-0.25, -0.2) is 4.98 Å². The molecule has 4 aromatic rings. The summed E-state index contributed by atoms with van der Waals surface area (Å²) in [7, 11) is 0. The third kappa shape index (κ3) is 2.61. The van der Waals surface area contributed by atoms with Crippen molar-refractivity contribution >= 4 is 27.1 Å². The molecule has 0 aliphatic heterocycles. The molecule has 110 valence electrons. The van der Waals surface area contributed by atoms with Crippen LogP contribution in [0.3, 0.4) is 0 Å². The Bertz CT molecular complexity index is 1010. The first-order valence-corrected chi connectivity index (χ1v) is 7.51. The largest absolute Gasteiger partial charge is 1.00 e. The van der Waals surface area contributed by atoms with Crippen LogP contribution in [0.4, 0.5) is 0 Å². The minimum absolute atomic E-state index is 0. The van der Waals surface area contributed by atoms with Gasteiger partial charge in [0.15, 0.2) is 23.9 Å². The highest BCUT2D eigenvalue weighted by atomic mass is 35.5. The van der Waals surface area contributed by atoms with E-state index in [0.717, 1.165) is 10.7 Å². The van der Waals surface area contributed by atoms with Crippen molar-refractivity contribution in [2.75, 3.05) is 0 Å². The van der Waals surface area contributed by atoms with Crippen LogP contribution < -0.4 is 22.5 Å². The lowest BCUT2D eigenvalue weighted by Crippen LogP contribution is -3.00. The number of halogens is 1. The molecule has 0 saturated carbocycles. The minimum atomic E-state index is -0.0300. The van der Waals surface area contributed by atoms with Crippen LogP contribution in [0.15, 0.2) is 65.2 Å². The summed E-state index contributed by atoms with van der Waals surface area (Å²) in [6.07, 6.45) is 5.84. The van der Waals surface area contributed by atoms with Crippen LogP contribution in [0.25, 0.3) is 15.7 Å². The predicted octanol–water partition coefficient (Wildman–Crippen LogP) is -0.751. The first-order chi connectivity index (χ1) is 10.3. The van der Waals surface area contributed by atoms with Gasteiger partial charge in [-0.05, 0) is 11.5 Å². The molecule has 0 saturated heterocycles. The molecule has 4 rings (SSSR count). The summed E-state index contributed by atoms with van der Waals surface area (Å²) in [6.45, 7) is 0.592. The lowest BCUT2D eigenvalue weighted by atomic mass is 10.2. The summed E-state index contributed by atoms with van der Waals surface area (Å²) < 4.78 is 3.62. The van der Waals surface area contributed by atoms with Crippen molar-refractivity contribution in [2.24, 2.45) is 0 Å². The first kappa shape index (κ1) is 14.7. The molecule has 0 N–H and O–H groups in total. The molecule has 0 spiro atoms. The van der Waals surface area contributed by atoms with Gasteiger partial charge in [0.05, 0.1) is 0 Å². The second-order valence-corrected chi connectivity index (χ2v) is 5.76. The Morgan fingerprint density at radius 1 is 1.18 bits per heavy atom. The van der Waals surface area contributed by atoms with Gasteiger partial charge in [0.25, 0.3) is 5.56 Å². The van der Waals surface area contributed by atoms with Crippen LogP contribution in [-0.4, -0.2) is 9.38 Å². The zero-order chi connectivity index (χ0) is 14.2. The van der Waals surface area contributed by atoms with E-state index in [1.165, 1.54) is 22.1 Å². The normalized spacial score (nSPS) is 10.7. The van der Waals surface area contributed by atoms with Gasteiger partial charge in [-0.15, -0.1) is 11.3 Å². The molecule has 0 aliphatic rings. The van der Waals surface area contributed by atoms with Crippen molar-refractivity contribution in [1.29, 1.82) is 0 Å². The maximum absolute atomic E-state index is 12.0. The van der Waals surface area contributed by atoms with E-state index >= 15 is 0 Å². The third-order valence-electron chi connectivity index (χ3n) is 3.45. The topological polar surface area (TPSA) is 38.2 Å². The quantitative estimate of drug-likeness (QED) is 0.454. The Morgan fingerprint density at radius 2 is 2.00 bits per heavy atom. The fourth-order valence-corrected chi connectivity index (χ4v) is 3.17. The molecule has 22 heavy (non-hydrogen) atoms. The summed E-state index contributed by atoms with van der Waals surface area (Å²) in [5.74, 6) is 0. The first-order valence-electron chi connectivity index (χ1n) is 6.63. The number of fused-ring (bicyclic) bond motifs is 2. The molecule has 4 nitrogen and oxygen atoms in total. The third-order valence-corrected chi connectivity index (χ3v) is 4.20. The molecule has 0 aliphatic carbocycles. The fraction of sp³-hybridized carbons (Fsp3) is 0.0625. The van der Waals surface area contributed by atoms with Crippen LogP contribution in [-0.2, 0) is 6.54 Å². The number of aromatic nitrogens is 3. The van der Waals surface area contributed by atoms with Crippen LogP contribution in [0.1, 0.15) is 5.69 Å². The van der Waals surface area contributed by atoms with Gasteiger partial charge in [-0.1, -0.05) is 18.2 Å². The second-order valence-electron chi connectivity index (χ2n) is 4.89. The average molecular weight is 330 g/mol. The monoisotopic (exact) mass is 329 g/mol. The highest BCUT2D eigenvalue weighted by Crippen LogP contribution is 2.10. The van der Waals surface area contributed by atoms with Crippen molar-refractivity contribution in [1.82, 2.24) is 9.38 Å². The summed E-state index contributed by atoms with van der Waals surface area (Å²) in [5, 5.41) is 4.25. The Kier molecular flexibility index (Phi) is 3.92. The Hall–Kier alpha value is -2.24. The van der Waals surface area contributed by atoms with Gasteiger partial charge in [-0.2, -0.15) is 4.57 Å². The summed E-state index contributed by atoms with van der Waals surface area (Å²) in [5.41, 5.74) is 0.750. The number of nitrogens with zero attached hydrogens (tertiary/aromatic N) is 3. The van der Waals surface area contributed by atoms with E-state index in [0.29, 0.717) is 6.54 Å². The van der Waals surface area contributed by atoms with E-state index < -0.39 is 0 Å². The van der Waals surface area contributed by atoms with Gasteiger partial charge in [0.1, 0.15) is 5.69 Å². The Labute approximate surface area is 136 Å². The fourth-order valence-electron chi connectivity index (χ4n) is 2.43.